The number of carbonyl (C=O) groups excluding carboxylic acids is 1. The second-order valence-corrected chi connectivity index (χ2v) is 8.45. The predicted octanol–water partition coefficient (Wildman–Crippen LogP) is 3.28. The van der Waals surface area contributed by atoms with Gasteiger partial charge in [-0.1, -0.05) is 23.2 Å². The van der Waals surface area contributed by atoms with E-state index in [0.29, 0.717) is 5.69 Å². The van der Waals surface area contributed by atoms with Crippen LogP contribution in [0.1, 0.15) is 0 Å². The Morgan fingerprint density at radius 3 is 2.22 bits per heavy atom. The fraction of sp³-hybridized carbons (Fsp3) is 0.0714. The second-order valence-electron chi connectivity index (χ2n) is 4.53. The lowest BCUT2D eigenvalue weighted by Gasteiger charge is -2.23. The molecule has 0 unspecified atom stereocenters. The molecular weight excluding hydrogens is 474 g/mol. The number of anilines is 1. The Hall–Kier alpha value is -1.03. The molecule has 2 N–H and O–H groups in total. The maximum absolute atomic E-state index is 12.8. The van der Waals surface area contributed by atoms with Gasteiger partial charge in [-0.15, -0.1) is 0 Å². The summed E-state index contributed by atoms with van der Waals surface area (Å²) < 4.78 is 27.5. The lowest BCUT2D eigenvalue weighted by atomic mass is 10.3. The summed E-state index contributed by atoms with van der Waals surface area (Å²) in [6.45, 7) is -0.483. The van der Waals surface area contributed by atoms with Crippen LogP contribution in [0.5, 0.6) is 0 Å². The number of rotatable bonds is 5. The Morgan fingerprint density at radius 2 is 1.70 bits per heavy atom. The Labute approximate surface area is 157 Å². The first kappa shape index (κ1) is 18.3. The maximum atomic E-state index is 12.8. The van der Waals surface area contributed by atoms with Crippen molar-refractivity contribution in [3.63, 3.8) is 0 Å². The van der Waals surface area contributed by atoms with E-state index in [-0.39, 0.29) is 14.9 Å². The van der Waals surface area contributed by atoms with E-state index < -0.39 is 22.5 Å². The third-order valence-electron chi connectivity index (χ3n) is 2.89. The SMILES string of the molecule is NC(=O)CN(c1ccc(I)cc1)S(=O)(=O)c1ccc(Cl)c(Cl)c1. The normalized spacial score (nSPS) is 11.3. The molecular formula is C14H11Cl2IN2O3S. The first-order chi connectivity index (χ1) is 10.7. The lowest BCUT2D eigenvalue weighted by molar-refractivity contribution is -0.116. The first-order valence-corrected chi connectivity index (χ1v) is 9.51. The van der Waals surface area contributed by atoms with Gasteiger partial charge in [-0.05, 0) is 65.1 Å². The van der Waals surface area contributed by atoms with Gasteiger partial charge in [-0.3, -0.25) is 9.10 Å². The summed E-state index contributed by atoms with van der Waals surface area (Å²) in [5, 5.41) is 0.343. The van der Waals surface area contributed by atoms with Crippen molar-refractivity contribution in [2.75, 3.05) is 10.8 Å². The number of hydrogen-bond donors (Lipinski definition) is 1. The quantitative estimate of drug-likeness (QED) is 0.661. The van der Waals surface area contributed by atoms with Crippen molar-refractivity contribution in [3.8, 4) is 0 Å². The molecule has 0 bridgehead atoms. The van der Waals surface area contributed by atoms with E-state index in [2.05, 4.69) is 22.6 Å². The van der Waals surface area contributed by atoms with Crippen molar-refractivity contribution in [2.45, 2.75) is 4.90 Å². The number of hydrogen-bond acceptors (Lipinski definition) is 3. The standard InChI is InChI=1S/C14H11Cl2IN2O3S/c15-12-6-5-11(7-13(12)16)23(21,22)19(8-14(18)20)10-3-1-9(17)2-4-10/h1-7H,8H2,(H2,18,20). The van der Waals surface area contributed by atoms with E-state index in [1.54, 1.807) is 24.3 Å². The van der Waals surface area contributed by atoms with Crippen LogP contribution >= 0.6 is 45.8 Å². The minimum atomic E-state index is -4.01. The van der Waals surface area contributed by atoms with Crippen LogP contribution in [0.4, 0.5) is 5.69 Å². The molecule has 0 heterocycles. The van der Waals surface area contributed by atoms with Crippen LogP contribution in [0.2, 0.25) is 10.0 Å². The van der Waals surface area contributed by atoms with Crippen LogP contribution in [-0.2, 0) is 14.8 Å². The van der Waals surface area contributed by atoms with Gasteiger partial charge in [0, 0.05) is 3.57 Å². The number of amides is 1. The van der Waals surface area contributed by atoms with Gasteiger partial charge in [0.05, 0.1) is 20.6 Å². The van der Waals surface area contributed by atoms with E-state index in [9.17, 15) is 13.2 Å². The van der Waals surface area contributed by atoms with Crippen LogP contribution in [0, 0.1) is 3.57 Å². The van der Waals surface area contributed by atoms with E-state index in [1.807, 2.05) is 0 Å². The largest absolute Gasteiger partial charge is 0.368 e. The molecule has 23 heavy (non-hydrogen) atoms. The van der Waals surface area contributed by atoms with Gasteiger partial charge in [0.1, 0.15) is 6.54 Å². The van der Waals surface area contributed by atoms with Gasteiger partial charge >= 0.3 is 0 Å². The maximum Gasteiger partial charge on any atom is 0.264 e. The number of nitrogens with zero attached hydrogens (tertiary/aromatic N) is 1. The highest BCUT2D eigenvalue weighted by Gasteiger charge is 2.27. The smallest absolute Gasteiger partial charge is 0.264 e. The molecule has 0 spiro atoms. The molecule has 0 saturated carbocycles. The van der Waals surface area contributed by atoms with Gasteiger partial charge in [0.15, 0.2) is 0 Å². The molecule has 0 atom stereocenters. The molecule has 0 aromatic heterocycles. The average Bonchev–Trinajstić information content (AvgIpc) is 2.48. The molecule has 5 nitrogen and oxygen atoms in total. The lowest BCUT2D eigenvalue weighted by Crippen LogP contribution is -2.38. The Kier molecular flexibility index (Phi) is 5.77. The van der Waals surface area contributed by atoms with Crippen LogP contribution in [0.3, 0.4) is 0 Å². The molecule has 9 heteroatoms. The van der Waals surface area contributed by atoms with Gasteiger partial charge < -0.3 is 5.73 Å². The molecule has 0 radical (unpaired) electrons. The zero-order valence-electron chi connectivity index (χ0n) is 11.5. The van der Waals surface area contributed by atoms with Crippen molar-refractivity contribution in [1.82, 2.24) is 0 Å². The summed E-state index contributed by atoms with van der Waals surface area (Å²) in [6.07, 6.45) is 0. The van der Waals surface area contributed by atoms with Gasteiger partial charge in [-0.25, -0.2) is 8.42 Å². The van der Waals surface area contributed by atoms with E-state index in [4.69, 9.17) is 28.9 Å². The van der Waals surface area contributed by atoms with Crippen LogP contribution < -0.4 is 10.0 Å². The third kappa shape index (κ3) is 4.28. The van der Waals surface area contributed by atoms with Crippen molar-refractivity contribution in [3.05, 3.63) is 56.1 Å². The number of sulfonamides is 1. The average molecular weight is 485 g/mol. The molecule has 2 aromatic carbocycles. The highest BCUT2D eigenvalue weighted by Crippen LogP contribution is 2.29. The topological polar surface area (TPSA) is 80.5 Å². The van der Waals surface area contributed by atoms with E-state index >= 15 is 0 Å². The number of benzene rings is 2. The first-order valence-electron chi connectivity index (χ1n) is 6.23. The minimum absolute atomic E-state index is 0.0771. The summed E-state index contributed by atoms with van der Waals surface area (Å²) >= 11 is 13.8. The van der Waals surface area contributed by atoms with Crippen molar-refractivity contribution in [2.24, 2.45) is 5.73 Å². The monoisotopic (exact) mass is 484 g/mol. The summed E-state index contributed by atoms with van der Waals surface area (Å²) in [6, 6.07) is 10.6. The summed E-state index contributed by atoms with van der Waals surface area (Å²) in [5.41, 5.74) is 5.52. The minimum Gasteiger partial charge on any atom is -0.368 e. The van der Waals surface area contributed by atoms with Crippen molar-refractivity contribution >= 4 is 67.4 Å². The molecule has 0 aliphatic rings. The second kappa shape index (κ2) is 7.25. The zero-order chi connectivity index (χ0) is 17.2. The Bertz CT molecular complexity index is 842. The Morgan fingerprint density at radius 1 is 1.09 bits per heavy atom. The highest BCUT2D eigenvalue weighted by molar-refractivity contribution is 14.1. The molecule has 122 valence electrons. The van der Waals surface area contributed by atoms with Crippen molar-refractivity contribution < 1.29 is 13.2 Å². The number of carbonyl (C=O) groups is 1. The molecule has 0 aliphatic heterocycles. The van der Waals surface area contributed by atoms with Gasteiger partial charge in [0.25, 0.3) is 10.0 Å². The zero-order valence-corrected chi connectivity index (χ0v) is 16.0. The molecule has 0 aliphatic carbocycles. The van der Waals surface area contributed by atoms with E-state index in [1.165, 1.54) is 18.2 Å². The van der Waals surface area contributed by atoms with Gasteiger partial charge in [0.2, 0.25) is 5.91 Å². The molecule has 1 amide bonds. The summed E-state index contributed by atoms with van der Waals surface area (Å²) in [7, 11) is -4.01. The highest BCUT2D eigenvalue weighted by atomic mass is 127. The summed E-state index contributed by atoms with van der Waals surface area (Å²) in [5.74, 6) is -0.771. The molecule has 0 saturated heterocycles. The number of primary amides is 1. The van der Waals surface area contributed by atoms with Crippen LogP contribution in [0.15, 0.2) is 47.4 Å². The molecule has 0 fully saturated rings. The Balaban J connectivity index is 2.54. The fourth-order valence-electron chi connectivity index (χ4n) is 1.83. The number of halogens is 3. The fourth-order valence-corrected chi connectivity index (χ4v) is 4.01. The third-order valence-corrected chi connectivity index (χ3v) is 6.12. The van der Waals surface area contributed by atoms with E-state index in [0.717, 1.165) is 7.88 Å². The van der Waals surface area contributed by atoms with Crippen LogP contribution in [0.25, 0.3) is 0 Å². The summed E-state index contributed by atoms with van der Waals surface area (Å²) in [4.78, 5) is 11.2. The van der Waals surface area contributed by atoms with Crippen molar-refractivity contribution in [1.29, 1.82) is 0 Å². The van der Waals surface area contributed by atoms with Crippen LogP contribution in [-0.4, -0.2) is 20.9 Å². The molecule has 2 rings (SSSR count). The number of nitrogens with two attached hydrogens (primary N) is 1. The predicted molar refractivity (Wildman–Crippen MR) is 99.3 cm³/mol. The molecule has 2 aromatic rings. The van der Waals surface area contributed by atoms with Gasteiger partial charge in [-0.2, -0.15) is 0 Å².